The first-order valence-corrected chi connectivity index (χ1v) is 9.79. The number of fused-ring (bicyclic) bond motifs is 3. The van der Waals surface area contributed by atoms with E-state index in [1.807, 2.05) is 38.1 Å². The van der Waals surface area contributed by atoms with Gasteiger partial charge in [-0.05, 0) is 31.0 Å². The first-order valence-electron chi connectivity index (χ1n) is 9.00. The molecule has 0 radical (unpaired) electrons. The number of carbonyl (C=O) groups excluding carboxylic acids is 1. The van der Waals surface area contributed by atoms with Crippen molar-refractivity contribution in [2.24, 2.45) is 0 Å². The molecule has 0 unspecified atom stereocenters. The van der Waals surface area contributed by atoms with E-state index >= 15 is 0 Å². The summed E-state index contributed by atoms with van der Waals surface area (Å²) in [7, 11) is 0. The Morgan fingerprint density at radius 1 is 1.29 bits per heavy atom. The minimum Gasteiger partial charge on any atom is -0.463 e. The van der Waals surface area contributed by atoms with Crippen LogP contribution in [0.5, 0.6) is 0 Å². The largest absolute Gasteiger partial charge is 0.463 e. The van der Waals surface area contributed by atoms with Gasteiger partial charge < -0.3 is 9.73 Å². The van der Waals surface area contributed by atoms with Crippen LogP contribution in [-0.2, 0) is 11.3 Å². The second-order valence-corrected chi connectivity index (χ2v) is 7.52. The van der Waals surface area contributed by atoms with Gasteiger partial charge in [0.1, 0.15) is 17.4 Å². The predicted octanol–water partition coefficient (Wildman–Crippen LogP) is 3.58. The van der Waals surface area contributed by atoms with E-state index in [2.05, 4.69) is 26.3 Å². The van der Waals surface area contributed by atoms with Crippen LogP contribution in [0, 0.1) is 6.92 Å². The lowest BCUT2D eigenvalue weighted by molar-refractivity contribution is -0.125. The zero-order valence-electron chi connectivity index (χ0n) is 15.5. The fourth-order valence-electron chi connectivity index (χ4n) is 3.43. The number of rotatable bonds is 5. The van der Waals surface area contributed by atoms with Crippen LogP contribution in [0.15, 0.2) is 56.3 Å². The van der Waals surface area contributed by atoms with Crippen molar-refractivity contribution in [3.8, 4) is 0 Å². The van der Waals surface area contributed by atoms with Crippen molar-refractivity contribution in [1.29, 1.82) is 0 Å². The molecular formula is C20H19BrN4O3. The van der Waals surface area contributed by atoms with Gasteiger partial charge in [0.25, 0.3) is 5.56 Å². The summed E-state index contributed by atoms with van der Waals surface area (Å²) in [6, 6.07) is 10.5. The average Bonchev–Trinajstić information content (AvgIpc) is 3.26. The van der Waals surface area contributed by atoms with Crippen molar-refractivity contribution in [3.63, 3.8) is 0 Å². The molecule has 0 aliphatic rings. The molecule has 0 aliphatic heterocycles. The summed E-state index contributed by atoms with van der Waals surface area (Å²) in [5.41, 5.74) is 2.50. The maximum absolute atomic E-state index is 13.0. The van der Waals surface area contributed by atoms with E-state index in [9.17, 15) is 9.59 Å². The smallest absolute Gasteiger partial charge is 0.291 e. The van der Waals surface area contributed by atoms with Gasteiger partial charge in [0, 0.05) is 23.2 Å². The molecule has 1 aromatic carbocycles. The maximum atomic E-state index is 13.0. The SMILES string of the molecule is CC[C@@H](C(=O)NCc1cccc(Br)c1)n1nc(C)n2c(cc3occc32)c1=O. The number of hydrogen-bond acceptors (Lipinski definition) is 4. The summed E-state index contributed by atoms with van der Waals surface area (Å²) in [6.45, 7) is 4.05. The van der Waals surface area contributed by atoms with E-state index in [0.29, 0.717) is 29.9 Å². The third kappa shape index (κ3) is 3.13. The highest BCUT2D eigenvalue weighted by Gasteiger charge is 2.23. The lowest BCUT2D eigenvalue weighted by Gasteiger charge is -2.18. The van der Waals surface area contributed by atoms with Crippen molar-refractivity contribution in [3.05, 3.63) is 68.9 Å². The third-order valence-corrected chi connectivity index (χ3v) is 5.26. The minimum absolute atomic E-state index is 0.240. The number of nitrogens with one attached hydrogen (secondary N) is 1. The number of nitrogens with zero attached hydrogens (tertiary/aromatic N) is 3. The van der Waals surface area contributed by atoms with Crippen LogP contribution < -0.4 is 10.9 Å². The fourth-order valence-corrected chi connectivity index (χ4v) is 3.88. The maximum Gasteiger partial charge on any atom is 0.291 e. The third-order valence-electron chi connectivity index (χ3n) is 4.77. The van der Waals surface area contributed by atoms with Crippen LogP contribution in [-0.4, -0.2) is 20.1 Å². The second kappa shape index (κ2) is 7.27. The molecule has 1 amide bonds. The van der Waals surface area contributed by atoms with Gasteiger partial charge in [-0.1, -0.05) is 35.0 Å². The van der Waals surface area contributed by atoms with Gasteiger partial charge in [-0.25, -0.2) is 4.68 Å². The van der Waals surface area contributed by atoms with Crippen LogP contribution in [0.2, 0.25) is 0 Å². The molecule has 0 aliphatic carbocycles. The van der Waals surface area contributed by atoms with Gasteiger partial charge in [-0.3, -0.25) is 14.0 Å². The number of benzene rings is 1. The van der Waals surface area contributed by atoms with Gasteiger partial charge in [0.05, 0.1) is 11.8 Å². The molecule has 0 fully saturated rings. The molecule has 8 heteroatoms. The van der Waals surface area contributed by atoms with Crippen molar-refractivity contribution < 1.29 is 9.21 Å². The van der Waals surface area contributed by atoms with Gasteiger partial charge in [-0.2, -0.15) is 5.10 Å². The van der Waals surface area contributed by atoms with Crippen LogP contribution in [0.3, 0.4) is 0 Å². The van der Waals surface area contributed by atoms with Crippen molar-refractivity contribution in [2.45, 2.75) is 32.9 Å². The van der Waals surface area contributed by atoms with E-state index in [1.54, 1.807) is 22.8 Å². The molecular weight excluding hydrogens is 424 g/mol. The number of hydrogen-bond donors (Lipinski definition) is 1. The van der Waals surface area contributed by atoms with E-state index in [0.717, 1.165) is 15.6 Å². The Labute approximate surface area is 169 Å². The Kier molecular flexibility index (Phi) is 4.80. The number of furan rings is 1. The lowest BCUT2D eigenvalue weighted by Crippen LogP contribution is -2.39. The second-order valence-electron chi connectivity index (χ2n) is 6.60. The van der Waals surface area contributed by atoms with Crippen molar-refractivity contribution in [2.75, 3.05) is 0 Å². The molecule has 4 aromatic rings. The Hall–Kier alpha value is -2.87. The van der Waals surface area contributed by atoms with Crippen LogP contribution in [0.4, 0.5) is 0 Å². The van der Waals surface area contributed by atoms with Gasteiger partial charge in [0.15, 0.2) is 5.58 Å². The highest BCUT2D eigenvalue weighted by molar-refractivity contribution is 9.10. The number of aromatic nitrogens is 3. The van der Waals surface area contributed by atoms with E-state index in [4.69, 9.17) is 4.42 Å². The Morgan fingerprint density at radius 2 is 2.11 bits per heavy atom. The summed E-state index contributed by atoms with van der Waals surface area (Å²) in [6.07, 6.45) is 2.02. The number of carbonyl (C=O) groups is 1. The molecule has 0 spiro atoms. The summed E-state index contributed by atoms with van der Waals surface area (Å²) in [5.74, 6) is 0.375. The molecule has 0 saturated carbocycles. The zero-order chi connectivity index (χ0) is 19.8. The topological polar surface area (TPSA) is 81.5 Å². The minimum atomic E-state index is -0.690. The van der Waals surface area contributed by atoms with E-state index in [1.165, 1.54) is 4.68 Å². The molecule has 28 heavy (non-hydrogen) atoms. The lowest BCUT2D eigenvalue weighted by atomic mass is 10.2. The summed E-state index contributed by atoms with van der Waals surface area (Å²) >= 11 is 3.42. The standard InChI is InChI=1S/C20H19BrN4O3/c1-3-15(19(26)22-11-13-5-4-6-14(21)9-13)25-20(27)17-10-18-16(7-8-28-18)24(17)12(2)23-25/h4-10,15H,3,11H2,1-2H3,(H,22,26)/t15-/m0/s1. The highest BCUT2D eigenvalue weighted by Crippen LogP contribution is 2.21. The number of amides is 1. The van der Waals surface area contributed by atoms with Gasteiger partial charge in [-0.15, -0.1) is 0 Å². The Bertz CT molecular complexity index is 1240. The molecule has 0 saturated heterocycles. The summed E-state index contributed by atoms with van der Waals surface area (Å²) < 4.78 is 9.38. The van der Waals surface area contributed by atoms with Crippen molar-refractivity contribution >= 4 is 38.5 Å². The Balaban J connectivity index is 1.67. The molecule has 144 valence electrons. The van der Waals surface area contributed by atoms with Crippen LogP contribution >= 0.6 is 15.9 Å². The molecule has 3 heterocycles. The fraction of sp³-hybridized carbons (Fsp3) is 0.250. The quantitative estimate of drug-likeness (QED) is 0.511. The normalized spacial score (nSPS) is 12.5. The van der Waals surface area contributed by atoms with E-state index < -0.39 is 6.04 Å². The van der Waals surface area contributed by atoms with Crippen LogP contribution in [0.25, 0.3) is 16.6 Å². The van der Waals surface area contributed by atoms with Gasteiger partial charge in [0.2, 0.25) is 5.91 Å². The summed E-state index contributed by atoms with van der Waals surface area (Å²) in [4.78, 5) is 25.8. The molecule has 3 aromatic heterocycles. The predicted molar refractivity (Wildman–Crippen MR) is 109 cm³/mol. The molecule has 1 N–H and O–H groups in total. The zero-order valence-corrected chi connectivity index (χ0v) is 17.1. The molecule has 4 rings (SSSR count). The molecule has 0 bridgehead atoms. The first-order chi connectivity index (χ1) is 13.5. The average molecular weight is 443 g/mol. The molecule has 7 nitrogen and oxygen atoms in total. The monoisotopic (exact) mass is 442 g/mol. The van der Waals surface area contributed by atoms with Crippen LogP contribution in [0.1, 0.15) is 30.8 Å². The van der Waals surface area contributed by atoms with E-state index in [-0.39, 0.29) is 11.5 Å². The first kappa shape index (κ1) is 18.5. The highest BCUT2D eigenvalue weighted by atomic mass is 79.9. The van der Waals surface area contributed by atoms with Gasteiger partial charge >= 0.3 is 0 Å². The number of aryl methyl sites for hydroxylation is 1. The summed E-state index contributed by atoms with van der Waals surface area (Å²) in [5, 5.41) is 7.33. The molecule has 1 atom stereocenters. The number of halogens is 1. The van der Waals surface area contributed by atoms with Crippen molar-refractivity contribution in [1.82, 2.24) is 19.5 Å². The Morgan fingerprint density at radius 3 is 2.86 bits per heavy atom.